The molecule has 0 fully saturated rings. The third-order valence-corrected chi connectivity index (χ3v) is 3.30. The molecule has 0 radical (unpaired) electrons. The Hall–Kier alpha value is -3.48. The third-order valence-electron chi connectivity index (χ3n) is 3.30. The normalized spacial score (nSPS) is 10.3. The van der Waals surface area contributed by atoms with Gasteiger partial charge in [0.2, 0.25) is 11.8 Å². The highest BCUT2D eigenvalue weighted by molar-refractivity contribution is 6.01. The molecule has 0 aliphatic rings. The number of anilines is 2. The van der Waals surface area contributed by atoms with Crippen LogP contribution in [0, 0.1) is 0 Å². The van der Waals surface area contributed by atoms with Crippen LogP contribution in [0.15, 0.2) is 59.0 Å². The van der Waals surface area contributed by atoms with E-state index in [4.69, 9.17) is 4.42 Å². The third kappa shape index (κ3) is 4.51. The highest BCUT2D eigenvalue weighted by atomic mass is 16.4. The molecule has 7 nitrogen and oxygen atoms in total. The zero-order chi connectivity index (χ0) is 17.6. The van der Waals surface area contributed by atoms with Gasteiger partial charge in [-0.05, 0) is 23.8 Å². The van der Waals surface area contributed by atoms with Gasteiger partial charge in [0.1, 0.15) is 0 Å². The fourth-order valence-electron chi connectivity index (χ4n) is 2.25. The van der Waals surface area contributed by atoms with Crippen LogP contribution >= 0.6 is 0 Å². The van der Waals surface area contributed by atoms with Gasteiger partial charge in [-0.25, -0.2) is 0 Å². The van der Waals surface area contributed by atoms with Gasteiger partial charge in [0.15, 0.2) is 0 Å². The highest BCUT2D eigenvalue weighted by Gasteiger charge is 2.15. The Morgan fingerprint density at radius 2 is 1.68 bits per heavy atom. The number of hydrogen-bond donors (Lipinski definition) is 2. The van der Waals surface area contributed by atoms with Crippen LogP contribution in [0.2, 0.25) is 0 Å². The number of carbonyl (C=O) groups is 2. The van der Waals surface area contributed by atoms with E-state index in [2.05, 4.69) is 20.8 Å². The number of rotatable bonds is 5. The maximum absolute atomic E-state index is 12.2. The Morgan fingerprint density at radius 1 is 0.960 bits per heavy atom. The van der Waals surface area contributed by atoms with Crippen LogP contribution < -0.4 is 10.6 Å². The molecule has 0 aliphatic carbocycles. The summed E-state index contributed by atoms with van der Waals surface area (Å²) in [5.74, 6) is -0.447. The Kier molecular flexibility index (Phi) is 4.84. The van der Waals surface area contributed by atoms with Crippen molar-refractivity contribution >= 4 is 23.2 Å². The number of carbonyl (C=O) groups excluding carboxylic acids is 2. The average molecular weight is 336 g/mol. The van der Waals surface area contributed by atoms with Crippen molar-refractivity contribution in [2.75, 3.05) is 10.6 Å². The number of nitrogens with one attached hydrogen (secondary N) is 2. The van der Waals surface area contributed by atoms with Crippen LogP contribution in [0.1, 0.15) is 29.1 Å². The van der Waals surface area contributed by atoms with Crippen molar-refractivity contribution in [1.29, 1.82) is 0 Å². The number of amides is 2. The molecule has 2 amide bonds. The van der Waals surface area contributed by atoms with Crippen molar-refractivity contribution in [3.05, 3.63) is 71.9 Å². The molecule has 25 heavy (non-hydrogen) atoms. The lowest BCUT2D eigenvalue weighted by Crippen LogP contribution is -2.13. The minimum absolute atomic E-state index is 0.115. The lowest BCUT2D eigenvalue weighted by Gasteiger charge is -2.06. The van der Waals surface area contributed by atoms with Crippen LogP contribution in [0.25, 0.3) is 0 Å². The molecule has 0 saturated carbocycles. The van der Waals surface area contributed by atoms with Gasteiger partial charge in [0.25, 0.3) is 0 Å². The van der Waals surface area contributed by atoms with Gasteiger partial charge in [-0.2, -0.15) is 0 Å². The first-order valence-corrected chi connectivity index (χ1v) is 7.65. The fourth-order valence-corrected chi connectivity index (χ4v) is 2.25. The summed E-state index contributed by atoms with van der Waals surface area (Å²) in [6.45, 7) is 1.41. The van der Waals surface area contributed by atoms with Crippen LogP contribution in [0.5, 0.6) is 0 Å². The zero-order valence-electron chi connectivity index (χ0n) is 13.5. The highest BCUT2D eigenvalue weighted by Crippen LogP contribution is 2.16. The van der Waals surface area contributed by atoms with Crippen molar-refractivity contribution in [1.82, 2.24) is 10.2 Å². The van der Waals surface area contributed by atoms with Crippen molar-refractivity contribution in [2.24, 2.45) is 0 Å². The van der Waals surface area contributed by atoms with Gasteiger partial charge in [-0.15, -0.1) is 10.2 Å². The second-order valence-electron chi connectivity index (χ2n) is 5.38. The van der Waals surface area contributed by atoms with Gasteiger partial charge in [0.05, 0.1) is 6.42 Å². The second kappa shape index (κ2) is 7.39. The van der Waals surface area contributed by atoms with E-state index in [0.29, 0.717) is 23.7 Å². The Labute approximate surface area is 144 Å². The Bertz CT molecular complexity index is 890. The predicted octanol–water partition coefficient (Wildman–Crippen LogP) is 2.87. The van der Waals surface area contributed by atoms with E-state index < -0.39 is 5.91 Å². The quantitative estimate of drug-likeness (QED) is 0.747. The van der Waals surface area contributed by atoms with E-state index >= 15 is 0 Å². The molecule has 0 unspecified atom stereocenters. The summed E-state index contributed by atoms with van der Waals surface area (Å²) < 4.78 is 5.41. The van der Waals surface area contributed by atoms with E-state index in [-0.39, 0.29) is 11.8 Å². The summed E-state index contributed by atoms with van der Waals surface area (Å²) in [6, 6.07) is 16.4. The molecule has 7 heteroatoms. The lowest BCUT2D eigenvalue weighted by atomic mass is 10.2. The van der Waals surface area contributed by atoms with E-state index in [0.717, 1.165) is 5.56 Å². The van der Waals surface area contributed by atoms with Gasteiger partial charge < -0.3 is 15.1 Å². The standard InChI is InChI=1S/C18H16N4O3/c1-12(23)19-14-8-5-9-15(11-14)20-17(24)18-22-21-16(25-18)10-13-6-3-2-4-7-13/h2-9,11H,10H2,1H3,(H,19,23)(H,20,24). The molecule has 3 aromatic rings. The van der Waals surface area contributed by atoms with Gasteiger partial charge in [-0.3, -0.25) is 9.59 Å². The molecule has 0 bridgehead atoms. The first kappa shape index (κ1) is 16.4. The first-order chi connectivity index (χ1) is 12.1. The number of benzene rings is 2. The lowest BCUT2D eigenvalue weighted by molar-refractivity contribution is -0.114. The minimum atomic E-state index is -0.508. The molecular formula is C18H16N4O3. The van der Waals surface area contributed by atoms with Crippen LogP contribution in [-0.4, -0.2) is 22.0 Å². The van der Waals surface area contributed by atoms with Crippen LogP contribution in [0.3, 0.4) is 0 Å². The maximum atomic E-state index is 12.2. The van der Waals surface area contributed by atoms with E-state index in [1.165, 1.54) is 6.92 Å². The smallest absolute Gasteiger partial charge is 0.313 e. The van der Waals surface area contributed by atoms with Gasteiger partial charge in [-0.1, -0.05) is 36.4 Å². The van der Waals surface area contributed by atoms with Crippen molar-refractivity contribution in [3.63, 3.8) is 0 Å². The average Bonchev–Trinajstić information content (AvgIpc) is 3.04. The largest absolute Gasteiger partial charge is 0.417 e. The van der Waals surface area contributed by atoms with E-state index in [1.807, 2.05) is 30.3 Å². The number of hydrogen-bond acceptors (Lipinski definition) is 5. The molecule has 2 N–H and O–H groups in total. The molecule has 2 aromatic carbocycles. The maximum Gasteiger partial charge on any atom is 0.313 e. The summed E-state index contributed by atoms with van der Waals surface area (Å²) in [7, 11) is 0. The SMILES string of the molecule is CC(=O)Nc1cccc(NC(=O)c2nnc(Cc3ccccc3)o2)c1. The second-order valence-corrected chi connectivity index (χ2v) is 5.38. The predicted molar refractivity (Wildman–Crippen MR) is 92.2 cm³/mol. The molecule has 0 spiro atoms. The molecule has 1 aromatic heterocycles. The fraction of sp³-hybridized carbons (Fsp3) is 0.111. The van der Waals surface area contributed by atoms with Crippen LogP contribution in [-0.2, 0) is 11.2 Å². The first-order valence-electron chi connectivity index (χ1n) is 7.65. The Balaban J connectivity index is 1.67. The van der Waals surface area contributed by atoms with Crippen molar-refractivity contribution < 1.29 is 14.0 Å². The van der Waals surface area contributed by atoms with Crippen LogP contribution in [0.4, 0.5) is 11.4 Å². The summed E-state index contributed by atoms with van der Waals surface area (Å²) in [4.78, 5) is 23.3. The molecule has 3 rings (SSSR count). The molecular weight excluding hydrogens is 320 g/mol. The van der Waals surface area contributed by atoms with E-state index in [1.54, 1.807) is 24.3 Å². The molecule has 126 valence electrons. The molecule has 1 heterocycles. The van der Waals surface area contributed by atoms with Gasteiger partial charge in [0, 0.05) is 18.3 Å². The molecule has 0 atom stereocenters. The van der Waals surface area contributed by atoms with E-state index in [9.17, 15) is 9.59 Å². The topological polar surface area (TPSA) is 97.1 Å². The monoisotopic (exact) mass is 336 g/mol. The zero-order valence-corrected chi connectivity index (χ0v) is 13.5. The van der Waals surface area contributed by atoms with Gasteiger partial charge >= 0.3 is 11.8 Å². The van der Waals surface area contributed by atoms with Crippen molar-refractivity contribution in [2.45, 2.75) is 13.3 Å². The number of nitrogens with zero attached hydrogens (tertiary/aromatic N) is 2. The molecule has 0 aliphatic heterocycles. The summed E-state index contributed by atoms with van der Waals surface area (Å²) in [6.07, 6.45) is 0.457. The minimum Gasteiger partial charge on any atom is -0.417 e. The summed E-state index contributed by atoms with van der Waals surface area (Å²) in [5, 5.41) is 13.0. The molecule has 0 saturated heterocycles. The summed E-state index contributed by atoms with van der Waals surface area (Å²) in [5.41, 5.74) is 2.11. The Morgan fingerprint density at radius 3 is 2.40 bits per heavy atom. The van der Waals surface area contributed by atoms with Crippen molar-refractivity contribution in [3.8, 4) is 0 Å². The summed E-state index contributed by atoms with van der Waals surface area (Å²) >= 11 is 0. The number of aromatic nitrogens is 2.